The van der Waals surface area contributed by atoms with Crippen LogP contribution in [0.15, 0.2) is 18.2 Å². The van der Waals surface area contributed by atoms with E-state index in [4.69, 9.17) is 4.74 Å². The Bertz CT molecular complexity index is 622. The number of rotatable bonds is 3. The summed E-state index contributed by atoms with van der Waals surface area (Å²) in [6.07, 6.45) is 0. The van der Waals surface area contributed by atoms with Gasteiger partial charge in [-0.1, -0.05) is 31.6 Å². The maximum Gasteiger partial charge on any atom is 0.311 e. The van der Waals surface area contributed by atoms with E-state index >= 15 is 0 Å². The van der Waals surface area contributed by atoms with Crippen molar-refractivity contribution < 1.29 is 13.9 Å². The van der Waals surface area contributed by atoms with E-state index in [1.54, 1.807) is 12.1 Å². The van der Waals surface area contributed by atoms with Gasteiger partial charge in [-0.2, -0.15) is 0 Å². The molecule has 0 radical (unpaired) electrons. The minimum Gasteiger partial charge on any atom is -0.469 e. The number of likely N-dealkylation sites (tertiary alicyclic amines) is 1. The maximum atomic E-state index is 14.1. The van der Waals surface area contributed by atoms with Crippen LogP contribution in [0.2, 0.25) is 19.6 Å². The summed E-state index contributed by atoms with van der Waals surface area (Å²) in [5.41, 5.74) is 4.54. The Labute approximate surface area is 132 Å². The van der Waals surface area contributed by atoms with Gasteiger partial charge in [0.25, 0.3) is 0 Å². The Balaban J connectivity index is 1.96. The third-order valence-electron chi connectivity index (χ3n) is 3.50. The molecule has 1 fully saturated rings. The molecule has 1 aliphatic heterocycles. The molecule has 1 aliphatic rings. The van der Waals surface area contributed by atoms with Gasteiger partial charge in [-0.05, 0) is 17.7 Å². The van der Waals surface area contributed by atoms with Crippen LogP contribution in [0.3, 0.4) is 0 Å². The summed E-state index contributed by atoms with van der Waals surface area (Å²) in [7, 11) is -0.0980. The third kappa shape index (κ3) is 4.42. The molecule has 1 saturated heterocycles. The van der Waals surface area contributed by atoms with Crippen LogP contribution in [0, 0.1) is 23.2 Å². The van der Waals surface area contributed by atoms with Gasteiger partial charge in [0.15, 0.2) is 0 Å². The largest absolute Gasteiger partial charge is 0.469 e. The average Bonchev–Trinajstić information content (AvgIpc) is 2.39. The molecular formula is C17H22FNO2Si. The van der Waals surface area contributed by atoms with Crippen molar-refractivity contribution in [2.24, 2.45) is 5.92 Å². The number of carbonyl (C=O) groups excluding carboxylic acids is 1. The molecule has 0 bridgehead atoms. The van der Waals surface area contributed by atoms with E-state index in [-0.39, 0.29) is 17.7 Å². The number of carbonyl (C=O) groups is 1. The van der Waals surface area contributed by atoms with Crippen molar-refractivity contribution in [3.8, 4) is 11.5 Å². The van der Waals surface area contributed by atoms with Gasteiger partial charge in [-0.25, -0.2) is 4.39 Å². The van der Waals surface area contributed by atoms with Crippen LogP contribution < -0.4 is 0 Å². The number of methoxy groups -OCH3 is 1. The summed E-state index contributed by atoms with van der Waals surface area (Å²) >= 11 is 0. The van der Waals surface area contributed by atoms with E-state index < -0.39 is 8.07 Å². The molecule has 0 amide bonds. The molecule has 0 saturated carbocycles. The molecular weight excluding hydrogens is 297 g/mol. The fraction of sp³-hybridized carbons (Fsp3) is 0.471. The van der Waals surface area contributed by atoms with Crippen LogP contribution in [-0.2, 0) is 16.1 Å². The van der Waals surface area contributed by atoms with Crippen molar-refractivity contribution in [2.45, 2.75) is 26.2 Å². The normalized spacial score (nSPS) is 15.7. The van der Waals surface area contributed by atoms with Gasteiger partial charge in [0.2, 0.25) is 0 Å². The molecule has 0 aromatic heterocycles. The summed E-state index contributed by atoms with van der Waals surface area (Å²) in [4.78, 5) is 13.4. The molecule has 1 aromatic carbocycles. The molecule has 0 N–H and O–H groups in total. The van der Waals surface area contributed by atoms with Crippen molar-refractivity contribution in [2.75, 3.05) is 20.2 Å². The lowest BCUT2D eigenvalue weighted by molar-refractivity contribution is -0.151. The second-order valence-corrected chi connectivity index (χ2v) is 11.5. The second-order valence-electron chi connectivity index (χ2n) is 6.73. The first-order valence-electron chi connectivity index (χ1n) is 7.40. The van der Waals surface area contributed by atoms with Crippen LogP contribution in [0.25, 0.3) is 0 Å². The Hall–Kier alpha value is -1.64. The number of nitrogens with zero attached hydrogens (tertiary/aromatic N) is 1. The van der Waals surface area contributed by atoms with E-state index in [1.807, 2.05) is 6.07 Å². The lowest BCUT2D eigenvalue weighted by Crippen LogP contribution is -2.49. The van der Waals surface area contributed by atoms with Crippen molar-refractivity contribution in [3.63, 3.8) is 0 Å². The van der Waals surface area contributed by atoms with Crippen LogP contribution in [0.5, 0.6) is 0 Å². The smallest absolute Gasteiger partial charge is 0.311 e. The second kappa shape index (κ2) is 6.63. The Kier molecular flexibility index (Phi) is 5.04. The predicted molar refractivity (Wildman–Crippen MR) is 87.4 cm³/mol. The number of esters is 1. The summed E-state index contributed by atoms with van der Waals surface area (Å²) in [5.74, 6) is 2.47. The zero-order valence-electron chi connectivity index (χ0n) is 13.6. The molecule has 118 valence electrons. The van der Waals surface area contributed by atoms with E-state index in [0.717, 1.165) is 5.56 Å². The number of ether oxygens (including phenoxy) is 1. The highest BCUT2D eigenvalue weighted by molar-refractivity contribution is 6.83. The van der Waals surface area contributed by atoms with Crippen molar-refractivity contribution in [1.29, 1.82) is 0 Å². The summed E-state index contributed by atoms with van der Waals surface area (Å²) in [6.45, 7) is 8.39. The SMILES string of the molecule is COC(=O)C1CN(Cc2ccc(C#C[Si](C)(C)C)c(F)c2)C1. The average molecular weight is 319 g/mol. The van der Waals surface area contributed by atoms with Gasteiger partial charge in [-0.15, -0.1) is 5.54 Å². The lowest BCUT2D eigenvalue weighted by atomic mass is 9.99. The van der Waals surface area contributed by atoms with Gasteiger partial charge in [0, 0.05) is 19.6 Å². The molecule has 0 spiro atoms. The van der Waals surface area contributed by atoms with Gasteiger partial charge in [0.05, 0.1) is 18.6 Å². The van der Waals surface area contributed by atoms with E-state index in [1.165, 1.54) is 7.11 Å². The minimum absolute atomic E-state index is 0.0447. The fourth-order valence-electron chi connectivity index (χ4n) is 2.29. The monoisotopic (exact) mass is 319 g/mol. The molecule has 1 heterocycles. The van der Waals surface area contributed by atoms with Crippen molar-refractivity contribution in [1.82, 2.24) is 4.90 Å². The van der Waals surface area contributed by atoms with Crippen molar-refractivity contribution in [3.05, 3.63) is 35.1 Å². The van der Waals surface area contributed by atoms with Crippen LogP contribution >= 0.6 is 0 Å². The molecule has 0 unspecified atom stereocenters. The quantitative estimate of drug-likeness (QED) is 0.487. The first-order chi connectivity index (χ1) is 10.3. The summed E-state index contributed by atoms with van der Waals surface area (Å²) in [6, 6.07) is 5.19. The number of hydrogen-bond donors (Lipinski definition) is 0. The fourth-order valence-corrected chi connectivity index (χ4v) is 2.80. The zero-order chi connectivity index (χ0) is 16.3. The highest BCUT2D eigenvalue weighted by Gasteiger charge is 2.33. The number of halogens is 1. The van der Waals surface area contributed by atoms with Gasteiger partial charge in [-0.3, -0.25) is 9.69 Å². The number of hydrogen-bond acceptors (Lipinski definition) is 3. The molecule has 2 rings (SSSR count). The van der Waals surface area contributed by atoms with Crippen LogP contribution in [0.1, 0.15) is 11.1 Å². The zero-order valence-corrected chi connectivity index (χ0v) is 14.6. The highest BCUT2D eigenvalue weighted by atomic mass is 28.3. The Morgan fingerprint density at radius 3 is 2.64 bits per heavy atom. The van der Waals surface area contributed by atoms with Crippen molar-refractivity contribution >= 4 is 14.0 Å². The molecule has 0 aliphatic carbocycles. The minimum atomic E-state index is -1.50. The maximum absolute atomic E-state index is 14.1. The summed E-state index contributed by atoms with van der Waals surface area (Å²) < 4.78 is 18.8. The van der Waals surface area contributed by atoms with E-state index in [2.05, 4.69) is 36.0 Å². The standard InChI is InChI=1S/C17H22FNO2Si/c1-21-17(20)15-11-19(12-15)10-13-5-6-14(16(18)9-13)7-8-22(2,3)4/h5-6,9,15H,10-12H2,1-4H3. The van der Waals surface area contributed by atoms with Crippen LogP contribution in [0.4, 0.5) is 4.39 Å². The molecule has 3 nitrogen and oxygen atoms in total. The Morgan fingerprint density at radius 2 is 2.09 bits per heavy atom. The van der Waals surface area contributed by atoms with Crippen LogP contribution in [-0.4, -0.2) is 39.1 Å². The van der Waals surface area contributed by atoms with E-state index in [9.17, 15) is 9.18 Å². The molecule has 0 atom stereocenters. The first-order valence-corrected chi connectivity index (χ1v) is 10.9. The third-order valence-corrected chi connectivity index (χ3v) is 4.38. The molecule has 1 aromatic rings. The predicted octanol–water partition coefficient (Wildman–Crippen LogP) is 2.66. The van der Waals surface area contributed by atoms with Gasteiger partial charge < -0.3 is 4.74 Å². The lowest BCUT2D eigenvalue weighted by Gasteiger charge is -2.37. The number of benzene rings is 1. The van der Waals surface area contributed by atoms with E-state index in [0.29, 0.717) is 25.2 Å². The first kappa shape index (κ1) is 16.7. The molecule has 5 heteroatoms. The molecule has 22 heavy (non-hydrogen) atoms. The van der Waals surface area contributed by atoms with Gasteiger partial charge in [0.1, 0.15) is 13.9 Å². The highest BCUT2D eigenvalue weighted by Crippen LogP contribution is 2.20. The van der Waals surface area contributed by atoms with Gasteiger partial charge >= 0.3 is 5.97 Å². The summed E-state index contributed by atoms with van der Waals surface area (Å²) in [5, 5.41) is 0. The Morgan fingerprint density at radius 1 is 1.41 bits per heavy atom. The topological polar surface area (TPSA) is 29.5 Å².